The Labute approximate surface area is 201 Å². The summed E-state index contributed by atoms with van der Waals surface area (Å²) in [5.41, 5.74) is 2.41. The van der Waals surface area contributed by atoms with E-state index in [9.17, 15) is 14.7 Å². The summed E-state index contributed by atoms with van der Waals surface area (Å²) in [6.45, 7) is 0. The maximum atomic E-state index is 13.4. The monoisotopic (exact) mass is 472 g/mol. The quantitative estimate of drug-likeness (QED) is 0.243. The molecule has 1 unspecified atom stereocenters. The molecule has 3 aromatic carbocycles. The number of hydrogen-bond donors (Lipinski definition) is 1. The lowest BCUT2D eigenvalue weighted by Gasteiger charge is -2.25. The number of fused-ring (bicyclic) bond motifs is 1. The zero-order valence-electron chi connectivity index (χ0n) is 18.5. The summed E-state index contributed by atoms with van der Waals surface area (Å²) in [7, 11) is 3.40. The fourth-order valence-electron chi connectivity index (χ4n) is 4.53. The van der Waals surface area contributed by atoms with Crippen molar-refractivity contribution >= 4 is 45.6 Å². The van der Waals surface area contributed by atoms with Gasteiger partial charge in [0.2, 0.25) is 0 Å². The van der Waals surface area contributed by atoms with E-state index in [0.717, 1.165) is 16.5 Å². The zero-order chi connectivity index (χ0) is 24.0. The Morgan fingerprint density at radius 3 is 2.44 bits per heavy atom. The van der Waals surface area contributed by atoms with Crippen LogP contribution in [0.1, 0.15) is 17.2 Å². The molecule has 1 fully saturated rings. The molecule has 0 bridgehead atoms. The third-order valence-corrected chi connectivity index (χ3v) is 6.46. The van der Waals surface area contributed by atoms with Crippen molar-refractivity contribution in [3.8, 4) is 5.75 Å². The van der Waals surface area contributed by atoms with Gasteiger partial charge in [0.25, 0.3) is 11.7 Å². The van der Waals surface area contributed by atoms with Crippen molar-refractivity contribution < 1.29 is 19.4 Å². The highest BCUT2D eigenvalue weighted by molar-refractivity contribution is 6.52. The number of halogens is 1. The lowest BCUT2D eigenvalue weighted by atomic mass is 9.94. The van der Waals surface area contributed by atoms with Crippen molar-refractivity contribution in [2.24, 2.45) is 7.05 Å². The highest BCUT2D eigenvalue weighted by Crippen LogP contribution is 2.45. The minimum absolute atomic E-state index is 0.0274. The van der Waals surface area contributed by atoms with Crippen molar-refractivity contribution in [2.75, 3.05) is 12.0 Å². The number of ketones is 1. The summed E-state index contributed by atoms with van der Waals surface area (Å²) in [6, 6.07) is 20.6. The number of Topliss-reactive ketones (excluding diaryl/α,β-unsaturated/α-hetero) is 1. The maximum absolute atomic E-state index is 13.4. The van der Waals surface area contributed by atoms with Crippen LogP contribution in [0.15, 0.2) is 84.6 Å². The first kappa shape index (κ1) is 21.8. The first-order valence-electron chi connectivity index (χ1n) is 10.7. The number of rotatable bonds is 4. The number of nitrogens with zero attached hydrogens (tertiary/aromatic N) is 2. The number of methoxy groups -OCH3 is 1. The average molecular weight is 473 g/mol. The van der Waals surface area contributed by atoms with Gasteiger partial charge in [-0.05, 0) is 36.4 Å². The van der Waals surface area contributed by atoms with Gasteiger partial charge < -0.3 is 14.4 Å². The molecule has 1 aliphatic rings. The predicted molar refractivity (Wildman–Crippen MR) is 132 cm³/mol. The number of aliphatic hydroxyl groups is 1. The van der Waals surface area contributed by atoms with Gasteiger partial charge >= 0.3 is 0 Å². The molecule has 5 rings (SSSR count). The number of carbonyl (C=O) groups is 2. The summed E-state index contributed by atoms with van der Waals surface area (Å²) >= 11 is 6.39. The zero-order valence-corrected chi connectivity index (χ0v) is 19.3. The molecule has 1 amide bonds. The molecule has 0 saturated carbocycles. The number of aromatic nitrogens is 1. The highest BCUT2D eigenvalue weighted by atomic mass is 35.5. The second kappa shape index (κ2) is 8.39. The molecule has 1 saturated heterocycles. The number of anilines is 1. The Balaban J connectivity index is 1.82. The van der Waals surface area contributed by atoms with Crippen molar-refractivity contribution in [2.45, 2.75) is 6.04 Å². The largest absolute Gasteiger partial charge is 0.507 e. The number of amides is 1. The van der Waals surface area contributed by atoms with Crippen LogP contribution in [0.2, 0.25) is 5.02 Å². The Kier molecular flexibility index (Phi) is 5.38. The summed E-state index contributed by atoms with van der Waals surface area (Å²) < 4.78 is 7.21. The van der Waals surface area contributed by atoms with Gasteiger partial charge in [0, 0.05) is 41.0 Å². The fraction of sp³-hybridized carbons (Fsp3) is 0.111. The highest BCUT2D eigenvalue weighted by Gasteiger charge is 2.48. The smallest absolute Gasteiger partial charge is 0.300 e. The SMILES string of the molecule is COc1ccc(Cl)c(/C(O)=C2\C(=O)C(=O)N(c3ccccc3)C2c2cn(C)c3ccccc23)c1. The lowest BCUT2D eigenvalue weighted by Crippen LogP contribution is -2.29. The standard InChI is InChI=1S/C27H21ClN2O4/c1-29-15-20(18-10-6-7-11-22(18)29)24-23(25(31)19-14-17(34-2)12-13-21(19)28)26(32)27(33)30(24)16-8-4-3-5-9-16/h3-15,24,31H,1-2H3/b25-23+. The van der Waals surface area contributed by atoms with Crippen LogP contribution in [-0.4, -0.2) is 28.5 Å². The summed E-state index contributed by atoms with van der Waals surface area (Å²) in [4.78, 5) is 28.2. The molecule has 6 nitrogen and oxygen atoms in total. The predicted octanol–water partition coefficient (Wildman–Crippen LogP) is 5.47. The summed E-state index contributed by atoms with van der Waals surface area (Å²) in [5, 5.41) is 12.5. The molecule has 1 aliphatic heterocycles. The van der Waals surface area contributed by atoms with Gasteiger partial charge in [-0.1, -0.05) is 48.0 Å². The Bertz CT molecular complexity index is 1470. The van der Waals surface area contributed by atoms with Crippen LogP contribution < -0.4 is 9.64 Å². The van der Waals surface area contributed by atoms with Crippen molar-refractivity contribution in [3.05, 3.63) is 101 Å². The van der Waals surface area contributed by atoms with Gasteiger partial charge in [-0.3, -0.25) is 14.5 Å². The van der Waals surface area contributed by atoms with Crippen LogP contribution in [-0.2, 0) is 16.6 Å². The summed E-state index contributed by atoms with van der Waals surface area (Å²) in [6.07, 6.45) is 1.89. The van der Waals surface area contributed by atoms with Gasteiger partial charge in [-0.25, -0.2) is 0 Å². The van der Waals surface area contributed by atoms with E-state index < -0.39 is 17.7 Å². The van der Waals surface area contributed by atoms with Gasteiger partial charge in [0.05, 0.1) is 23.7 Å². The number of aryl methyl sites for hydroxylation is 1. The van der Waals surface area contributed by atoms with E-state index in [1.54, 1.807) is 42.5 Å². The molecule has 34 heavy (non-hydrogen) atoms. The molecular weight excluding hydrogens is 452 g/mol. The van der Waals surface area contributed by atoms with Gasteiger partial charge in [-0.15, -0.1) is 0 Å². The normalized spacial score (nSPS) is 17.5. The third-order valence-electron chi connectivity index (χ3n) is 6.13. The minimum atomic E-state index is -0.851. The molecule has 2 heterocycles. The minimum Gasteiger partial charge on any atom is -0.507 e. The van der Waals surface area contributed by atoms with Gasteiger partial charge in [-0.2, -0.15) is 0 Å². The number of para-hydroxylation sites is 2. The van der Waals surface area contributed by atoms with E-state index >= 15 is 0 Å². The van der Waals surface area contributed by atoms with Gasteiger partial charge in [0.1, 0.15) is 11.5 Å². The molecule has 1 N–H and O–H groups in total. The Hall–Kier alpha value is -4.03. The van der Waals surface area contributed by atoms with E-state index in [2.05, 4.69) is 0 Å². The summed E-state index contributed by atoms with van der Waals surface area (Å²) in [5.74, 6) is -1.38. The number of benzene rings is 3. The molecule has 0 radical (unpaired) electrons. The number of hydrogen-bond acceptors (Lipinski definition) is 4. The lowest BCUT2D eigenvalue weighted by molar-refractivity contribution is -0.132. The molecule has 1 aromatic heterocycles. The van der Waals surface area contributed by atoms with Crippen LogP contribution in [0.25, 0.3) is 16.7 Å². The van der Waals surface area contributed by atoms with Crippen LogP contribution in [0.3, 0.4) is 0 Å². The van der Waals surface area contributed by atoms with E-state index in [0.29, 0.717) is 11.4 Å². The van der Waals surface area contributed by atoms with E-state index in [1.807, 2.05) is 48.1 Å². The first-order chi connectivity index (χ1) is 16.4. The van der Waals surface area contributed by atoms with E-state index in [1.165, 1.54) is 12.0 Å². The second-order valence-corrected chi connectivity index (χ2v) is 8.47. The molecule has 0 spiro atoms. The number of ether oxygens (including phenoxy) is 1. The van der Waals surface area contributed by atoms with Crippen molar-refractivity contribution in [3.63, 3.8) is 0 Å². The molecular formula is C27H21ClN2O4. The Morgan fingerprint density at radius 1 is 1.00 bits per heavy atom. The van der Waals surface area contributed by atoms with Crippen molar-refractivity contribution in [1.29, 1.82) is 0 Å². The number of aliphatic hydroxyl groups excluding tert-OH is 1. The van der Waals surface area contributed by atoms with E-state index in [4.69, 9.17) is 16.3 Å². The van der Waals surface area contributed by atoms with Crippen LogP contribution in [0.4, 0.5) is 5.69 Å². The van der Waals surface area contributed by atoms with Crippen molar-refractivity contribution in [1.82, 2.24) is 4.57 Å². The number of carbonyl (C=O) groups excluding carboxylic acids is 2. The first-order valence-corrected chi connectivity index (χ1v) is 11.0. The molecule has 0 aliphatic carbocycles. The maximum Gasteiger partial charge on any atom is 0.300 e. The average Bonchev–Trinajstić information content (AvgIpc) is 3.33. The van der Waals surface area contributed by atoms with Crippen LogP contribution >= 0.6 is 11.6 Å². The van der Waals surface area contributed by atoms with Crippen LogP contribution in [0.5, 0.6) is 5.75 Å². The third kappa shape index (κ3) is 3.35. The molecule has 170 valence electrons. The van der Waals surface area contributed by atoms with Crippen LogP contribution in [0, 0.1) is 0 Å². The second-order valence-electron chi connectivity index (χ2n) is 8.06. The molecule has 1 atom stereocenters. The fourth-order valence-corrected chi connectivity index (χ4v) is 4.74. The topological polar surface area (TPSA) is 71.8 Å². The molecule has 7 heteroatoms. The van der Waals surface area contributed by atoms with Gasteiger partial charge in [0.15, 0.2) is 0 Å². The van der Waals surface area contributed by atoms with E-state index in [-0.39, 0.29) is 21.9 Å². The Morgan fingerprint density at radius 2 is 1.71 bits per heavy atom. The molecule has 4 aromatic rings.